The van der Waals surface area contributed by atoms with Gasteiger partial charge in [0.2, 0.25) is 5.88 Å². The van der Waals surface area contributed by atoms with Crippen LogP contribution in [0.3, 0.4) is 0 Å². The Labute approximate surface area is 70.7 Å². The van der Waals surface area contributed by atoms with E-state index in [1.807, 2.05) is 0 Å². The maximum atomic E-state index is 13.1. The summed E-state index contributed by atoms with van der Waals surface area (Å²) in [5.41, 5.74) is 1.08. The Bertz CT molecular complexity index is 309. The van der Waals surface area contributed by atoms with Gasteiger partial charge < -0.3 is 4.74 Å². The lowest BCUT2D eigenvalue weighted by atomic mass is 10.1. The zero-order valence-electron chi connectivity index (χ0n) is 7.10. The fourth-order valence-corrected chi connectivity index (χ4v) is 0.839. The topological polar surface area (TPSA) is 22.1 Å². The number of ether oxygens (including phenoxy) is 1. The number of hydrogen-bond donors (Lipinski definition) is 0. The van der Waals surface area contributed by atoms with Crippen LogP contribution in [-0.2, 0) is 0 Å². The third kappa shape index (κ3) is 1.61. The number of allylic oxidation sites excluding steroid dienone is 1. The maximum absolute atomic E-state index is 13.1. The highest BCUT2D eigenvalue weighted by molar-refractivity contribution is 5.61. The van der Waals surface area contributed by atoms with E-state index < -0.39 is 0 Å². The molecule has 1 aromatic rings. The van der Waals surface area contributed by atoms with Crippen molar-refractivity contribution < 1.29 is 9.13 Å². The molecule has 0 aliphatic carbocycles. The van der Waals surface area contributed by atoms with Crippen LogP contribution in [0.1, 0.15) is 12.5 Å². The van der Waals surface area contributed by atoms with Crippen LogP contribution in [0.4, 0.5) is 4.39 Å². The third-order valence-electron chi connectivity index (χ3n) is 1.50. The average Bonchev–Trinajstić information content (AvgIpc) is 2.03. The van der Waals surface area contributed by atoms with Crippen molar-refractivity contribution in [2.24, 2.45) is 0 Å². The van der Waals surface area contributed by atoms with Gasteiger partial charge in [0.05, 0.1) is 7.11 Å². The van der Waals surface area contributed by atoms with E-state index in [2.05, 4.69) is 11.6 Å². The average molecular weight is 167 g/mol. The Kier molecular flexibility index (Phi) is 2.43. The van der Waals surface area contributed by atoms with E-state index in [1.54, 1.807) is 6.92 Å². The molecule has 1 aromatic heterocycles. The zero-order valence-corrected chi connectivity index (χ0v) is 7.10. The van der Waals surface area contributed by atoms with Crippen molar-refractivity contribution in [3.05, 3.63) is 30.2 Å². The summed E-state index contributed by atoms with van der Waals surface area (Å²) in [6.45, 7) is 5.35. The highest BCUT2D eigenvalue weighted by Crippen LogP contribution is 2.18. The molecule has 1 rings (SSSR count). The van der Waals surface area contributed by atoms with Gasteiger partial charge in [-0.05, 0) is 12.5 Å². The van der Waals surface area contributed by atoms with Crippen LogP contribution in [0, 0.1) is 5.82 Å². The van der Waals surface area contributed by atoms with Gasteiger partial charge in [0.1, 0.15) is 5.82 Å². The summed E-state index contributed by atoms with van der Waals surface area (Å²) in [5, 5.41) is 0. The van der Waals surface area contributed by atoms with Crippen molar-refractivity contribution in [1.82, 2.24) is 4.98 Å². The third-order valence-corrected chi connectivity index (χ3v) is 1.50. The summed E-state index contributed by atoms with van der Waals surface area (Å²) >= 11 is 0. The predicted molar refractivity (Wildman–Crippen MR) is 45.5 cm³/mol. The van der Waals surface area contributed by atoms with Crippen molar-refractivity contribution in [1.29, 1.82) is 0 Å². The Morgan fingerprint density at radius 3 is 2.75 bits per heavy atom. The van der Waals surface area contributed by atoms with E-state index >= 15 is 0 Å². The fourth-order valence-electron chi connectivity index (χ4n) is 0.839. The standard InChI is InChI=1S/C9H10FNO/c1-6(2)7-5-11-9(12-3)4-8(7)10/h4-5H,1H2,2-3H3. The summed E-state index contributed by atoms with van der Waals surface area (Å²) in [5.74, 6) is -0.0770. The van der Waals surface area contributed by atoms with E-state index in [1.165, 1.54) is 19.4 Å². The molecule has 0 atom stereocenters. The molecule has 0 aliphatic heterocycles. The molecule has 0 saturated carbocycles. The highest BCUT2D eigenvalue weighted by Gasteiger charge is 2.04. The van der Waals surface area contributed by atoms with Crippen LogP contribution in [-0.4, -0.2) is 12.1 Å². The zero-order chi connectivity index (χ0) is 9.14. The summed E-state index contributed by atoms with van der Waals surface area (Å²) in [6, 6.07) is 1.24. The molecule has 0 aliphatic rings. The summed E-state index contributed by atoms with van der Waals surface area (Å²) in [6.07, 6.45) is 1.41. The number of nitrogens with zero attached hydrogens (tertiary/aromatic N) is 1. The maximum Gasteiger partial charge on any atom is 0.215 e. The molecule has 64 valence electrons. The van der Waals surface area contributed by atoms with Crippen LogP contribution in [0.2, 0.25) is 0 Å². The van der Waals surface area contributed by atoms with Gasteiger partial charge >= 0.3 is 0 Å². The molecule has 0 unspecified atom stereocenters. The number of pyridine rings is 1. The molecule has 0 N–H and O–H groups in total. The largest absolute Gasteiger partial charge is 0.481 e. The number of aromatic nitrogens is 1. The number of rotatable bonds is 2. The molecule has 0 spiro atoms. The monoisotopic (exact) mass is 167 g/mol. The van der Waals surface area contributed by atoms with E-state index in [-0.39, 0.29) is 11.7 Å². The quantitative estimate of drug-likeness (QED) is 0.674. The molecule has 0 saturated heterocycles. The lowest BCUT2D eigenvalue weighted by Crippen LogP contribution is -1.92. The number of halogens is 1. The van der Waals surface area contributed by atoms with Crippen molar-refractivity contribution in [3.63, 3.8) is 0 Å². The molecule has 1 heterocycles. The van der Waals surface area contributed by atoms with Crippen LogP contribution < -0.4 is 4.74 Å². The van der Waals surface area contributed by atoms with Crippen molar-refractivity contribution >= 4 is 5.57 Å². The van der Waals surface area contributed by atoms with Crippen LogP contribution in [0.5, 0.6) is 5.88 Å². The minimum Gasteiger partial charge on any atom is -0.481 e. The molecule has 2 nitrogen and oxygen atoms in total. The molecule has 0 bridgehead atoms. The van der Waals surface area contributed by atoms with Gasteiger partial charge in [0, 0.05) is 17.8 Å². The van der Waals surface area contributed by atoms with Gasteiger partial charge in [-0.2, -0.15) is 0 Å². The number of methoxy groups -OCH3 is 1. The Balaban J connectivity index is 3.12. The first-order valence-electron chi connectivity index (χ1n) is 3.50. The molecule has 0 fully saturated rings. The Morgan fingerprint density at radius 2 is 2.33 bits per heavy atom. The molecular weight excluding hydrogens is 157 g/mol. The van der Waals surface area contributed by atoms with E-state index in [0.29, 0.717) is 11.1 Å². The second-order valence-electron chi connectivity index (χ2n) is 2.49. The van der Waals surface area contributed by atoms with Crippen molar-refractivity contribution in [3.8, 4) is 5.88 Å². The van der Waals surface area contributed by atoms with Crippen molar-refractivity contribution in [2.45, 2.75) is 6.92 Å². The Morgan fingerprint density at radius 1 is 1.67 bits per heavy atom. The molecule has 0 aromatic carbocycles. The minimum absolute atomic E-state index is 0.275. The lowest BCUT2D eigenvalue weighted by molar-refractivity contribution is 0.394. The van der Waals surface area contributed by atoms with Crippen LogP contribution in [0.15, 0.2) is 18.8 Å². The lowest BCUT2D eigenvalue weighted by Gasteiger charge is -2.02. The van der Waals surface area contributed by atoms with Gasteiger partial charge in [0.25, 0.3) is 0 Å². The SMILES string of the molecule is C=C(C)c1cnc(OC)cc1F. The normalized spacial score (nSPS) is 9.58. The van der Waals surface area contributed by atoms with Crippen LogP contribution in [0.25, 0.3) is 5.57 Å². The first kappa shape index (κ1) is 8.71. The second kappa shape index (κ2) is 3.34. The van der Waals surface area contributed by atoms with E-state index in [4.69, 9.17) is 4.74 Å². The Hall–Kier alpha value is -1.38. The van der Waals surface area contributed by atoms with Crippen molar-refractivity contribution in [2.75, 3.05) is 7.11 Å². The van der Waals surface area contributed by atoms with E-state index in [9.17, 15) is 4.39 Å². The highest BCUT2D eigenvalue weighted by atomic mass is 19.1. The molecular formula is C9H10FNO. The second-order valence-corrected chi connectivity index (χ2v) is 2.49. The minimum atomic E-state index is -0.352. The molecule has 3 heteroatoms. The van der Waals surface area contributed by atoms with Gasteiger partial charge in [-0.3, -0.25) is 0 Å². The first-order chi connectivity index (χ1) is 5.65. The van der Waals surface area contributed by atoms with Gasteiger partial charge in [-0.15, -0.1) is 0 Å². The van der Waals surface area contributed by atoms with Gasteiger partial charge in [-0.1, -0.05) is 6.58 Å². The van der Waals surface area contributed by atoms with Gasteiger partial charge in [-0.25, -0.2) is 9.37 Å². The predicted octanol–water partition coefficient (Wildman–Crippen LogP) is 2.26. The molecule has 0 radical (unpaired) electrons. The van der Waals surface area contributed by atoms with Gasteiger partial charge in [0.15, 0.2) is 0 Å². The summed E-state index contributed by atoms with van der Waals surface area (Å²) < 4.78 is 17.9. The van der Waals surface area contributed by atoms with E-state index in [0.717, 1.165) is 0 Å². The molecule has 0 amide bonds. The summed E-state index contributed by atoms with van der Waals surface area (Å²) in [4.78, 5) is 3.86. The number of hydrogen-bond acceptors (Lipinski definition) is 2. The fraction of sp³-hybridized carbons (Fsp3) is 0.222. The molecule has 12 heavy (non-hydrogen) atoms. The van der Waals surface area contributed by atoms with Crippen LogP contribution >= 0.6 is 0 Å². The first-order valence-corrected chi connectivity index (χ1v) is 3.50. The smallest absolute Gasteiger partial charge is 0.215 e. The summed E-state index contributed by atoms with van der Waals surface area (Å²) in [7, 11) is 1.45.